The molecule has 3 aliphatic rings. The molecule has 0 radical (unpaired) electrons. The van der Waals surface area contributed by atoms with Crippen molar-refractivity contribution >= 4 is 18.3 Å². The van der Waals surface area contributed by atoms with Crippen molar-refractivity contribution in [1.82, 2.24) is 4.90 Å². The Morgan fingerprint density at radius 3 is 2.68 bits per heavy atom. The molecule has 25 heavy (non-hydrogen) atoms. The first-order valence-corrected chi connectivity index (χ1v) is 8.99. The van der Waals surface area contributed by atoms with Crippen molar-refractivity contribution in [2.75, 3.05) is 26.3 Å². The number of nitrogens with two attached hydrogens (primary N) is 1. The van der Waals surface area contributed by atoms with E-state index >= 15 is 0 Å². The third-order valence-electron chi connectivity index (χ3n) is 6.33. The quantitative estimate of drug-likeness (QED) is 0.872. The summed E-state index contributed by atoms with van der Waals surface area (Å²) in [7, 11) is 0. The molecule has 2 N–H and O–H groups in total. The topological polar surface area (TPSA) is 55.6 Å². The Morgan fingerprint density at radius 1 is 1.24 bits per heavy atom. The van der Waals surface area contributed by atoms with Crippen molar-refractivity contribution < 1.29 is 13.9 Å². The summed E-state index contributed by atoms with van der Waals surface area (Å²) in [5, 5.41) is 0. The predicted molar refractivity (Wildman–Crippen MR) is 96.1 cm³/mol. The van der Waals surface area contributed by atoms with Crippen LogP contribution >= 0.6 is 12.4 Å². The number of carbonyl (C=O) groups is 1. The molecule has 4 rings (SSSR count). The second-order valence-corrected chi connectivity index (χ2v) is 7.58. The van der Waals surface area contributed by atoms with Gasteiger partial charge in [0.05, 0.1) is 5.41 Å². The summed E-state index contributed by atoms with van der Waals surface area (Å²) < 4.78 is 19.3. The number of amides is 1. The molecule has 3 fully saturated rings. The maximum atomic E-state index is 13.8. The number of nitrogens with zero attached hydrogens (tertiary/aromatic N) is 1. The Morgan fingerprint density at radius 2 is 2.00 bits per heavy atom. The first-order valence-electron chi connectivity index (χ1n) is 8.99. The van der Waals surface area contributed by atoms with Crippen LogP contribution in [0, 0.1) is 17.7 Å². The van der Waals surface area contributed by atoms with Crippen molar-refractivity contribution in [3.05, 3.63) is 35.6 Å². The zero-order valence-corrected chi connectivity index (χ0v) is 15.1. The lowest BCUT2D eigenvalue weighted by molar-refractivity contribution is -0.140. The Kier molecular flexibility index (Phi) is 5.37. The van der Waals surface area contributed by atoms with Crippen molar-refractivity contribution in [2.45, 2.75) is 37.1 Å². The molecule has 1 aromatic rings. The molecular formula is C19H26ClFN2O2. The Bertz CT molecular complexity index is 636. The van der Waals surface area contributed by atoms with Crippen LogP contribution in [0.2, 0.25) is 0 Å². The third kappa shape index (κ3) is 3.18. The number of benzene rings is 1. The maximum absolute atomic E-state index is 13.8. The van der Waals surface area contributed by atoms with E-state index in [9.17, 15) is 9.18 Å². The monoisotopic (exact) mass is 368 g/mol. The van der Waals surface area contributed by atoms with Gasteiger partial charge in [0.25, 0.3) is 0 Å². The lowest BCUT2D eigenvalue weighted by Crippen LogP contribution is -2.49. The SMILES string of the molecule is Cl.NC1CCC2CN(C(=O)C3(c4cccc(F)c4)CCOCC3)CC12. The second kappa shape index (κ2) is 7.22. The number of hydrogen-bond donors (Lipinski definition) is 1. The fraction of sp³-hybridized carbons (Fsp3) is 0.632. The van der Waals surface area contributed by atoms with Gasteiger partial charge in [-0.15, -0.1) is 12.4 Å². The highest BCUT2D eigenvalue weighted by molar-refractivity contribution is 5.88. The third-order valence-corrected chi connectivity index (χ3v) is 6.33. The van der Waals surface area contributed by atoms with E-state index in [0.29, 0.717) is 37.9 Å². The Labute approximate surface area is 154 Å². The standard InChI is InChI=1S/C19H25FN2O2.ClH/c20-15-3-1-2-14(10-15)19(6-8-24-9-7-19)18(23)22-11-13-4-5-17(21)16(13)12-22;/h1-3,10,13,16-17H,4-9,11-12,21H2;1H. The van der Waals surface area contributed by atoms with Crippen LogP contribution in [0.4, 0.5) is 4.39 Å². The fourth-order valence-corrected chi connectivity index (χ4v) is 4.91. The van der Waals surface area contributed by atoms with Gasteiger partial charge in [0.1, 0.15) is 5.82 Å². The van der Waals surface area contributed by atoms with Gasteiger partial charge in [-0.2, -0.15) is 0 Å². The molecule has 3 atom stereocenters. The lowest BCUT2D eigenvalue weighted by atomic mass is 9.73. The van der Waals surface area contributed by atoms with E-state index in [1.807, 2.05) is 11.0 Å². The normalized spacial score (nSPS) is 30.6. The largest absolute Gasteiger partial charge is 0.381 e. The molecule has 0 aromatic heterocycles. The van der Waals surface area contributed by atoms with E-state index in [0.717, 1.165) is 31.5 Å². The highest BCUT2D eigenvalue weighted by Crippen LogP contribution is 2.42. The minimum Gasteiger partial charge on any atom is -0.381 e. The van der Waals surface area contributed by atoms with Gasteiger partial charge in [-0.1, -0.05) is 12.1 Å². The number of halogens is 2. The Balaban J connectivity index is 0.00000182. The van der Waals surface area contributed by atoms with Gasteiger partial charge in [-0.05, 0) is 55.2 Å². The van der Waals surface area contributed by atoms with E-state index in [1.165, 1.54) is 12.1 Å². The van der Waals surface area contributed by atoms with Crippen LogP contribution < -0.4 is 5.73 Å². The minimum atomic E-state index is -0.650. The van der Waals surface area contributed by atoms with Gasteiger partial charge in [0.2, 0.25) is 5.91 Å². The van der Waals surface area contributed by atoms with Crippen LogP contribution in [0.5, 0.6) is 0 Å². The number of hydrogen-bond acceptors (Lipinski definition) is 3. The van der Waals surface area contributed by atoms with Crippen molar-refractivity contribution in [3.63, 3.8) is 0 Å². The molecule has 1 aromatic carbocycles. The summed E-state index contributed by atoms with van der Waals surface area (Å²) in [6.07, 6.45) is 3.42. The van der Waals surface area contributed by atoms with Crippen molar-refractivity contribution in [2.24, 2.45) is 17.6 Å². The van der Waals surface area contributed by atoms with E-state index in [2.05, 4.69) is 0 Å². The molecule has 138 valence electrons. The number of rotatable bonds is 2. The maximum Gasteiger partial charge on any atom is 0.233 e. The van der Waals surface area contributed by atoms with Gasteiger partial charge in [-0.3, -0.25) is 4.79 Å². The van der Waals surface area contributed by atoms with Gasteiger partial charge in [0.15, 0.2) is 0 Å². The average molecular weight is 369 g/mol. The molecule has 0 bridgehead atoms. The smallest absolute Gasteiger partial charge is 0.233 e. The summed E-state index contributed by atoms with van der Waals surface area (Å²) in [6.45, 7) is 2.64. The fourth-order valence-electron chi connectivity index (χ4n) is 4.91. The molecular weight excluding hydrogens is 343 g/mol. The molecule has 2 aliphatic heterocycles. The number of fused-ring (bicyclic) bond motifs is 1. The number of ether oxygens (including phenoxy) is 1. The van der Waals surface area contributed by atoms with Crippen LogP contribution in [0.15, 0.2) is 24.3 Å². The molecule has 1 aliphatic carbocycles. The molecule has 1 amide bonds. The van der Waals surface area contributed by atoms with E-state index < -0.39 is 5.41 Å². The average Bonchev–Trinajstić information content (AvgIpc) is 3.17. The van der Waals surface area contributed by atoms with Crippen LogP contribution in [0.25, 0.3) is 0 Å². The van der Waals surface area contributed by atoms with Crippen LogP contribution in [-0.4, -0.2) is 43.2 Å². The highest BCUT2D eigenvalue weighted by Gasteiger charge is 2.49. The van der Waals surface area contributed by atoms with Crippen LogP contribution in [-0.2, 0) is 14.9 Å². The molecule has 6 heteroatoms. The van der Waals surface area contributed by atoms with Crippen molar-refractivity contribution in [3.8, 4) is 0 Å². The summed E-state index contributed by atoms with van der Waals surface area (Å²) in [5.41, 5.74) is 6.36. The first-order chi connectivity index (χ1) is 11.6. The molecule has 2 saturated heterocycles. The predicted octanol–water partition coefficient (Wildman–Crippen LogP) is 2.49. The van der Waals surface area contributed by atoms with Gasteiger partial charge < -0.3 is 15.4 Å². The van der Waals surface area contributed by atoms with Gasteiger partial charge in [-0.25, -0.2) is 4.39 Å². The van der Waals surface area contributed by atoms with E-state index in [4.69, 9.17) is 10.5 Å². The first kappa shape index (κ1) is 18.6. The van der Waals surface area contributed by atoms with E-state index in [1.54, 1.807) is 6.07 Å². The molecule has 3 unspecified atom stereocenters. The highest BCUT2D eigenvalue weighted by atomic mass is 35.5. The van der Waals surface area contributed by atoms with Gasteiger partial charge in [0, 0.05) is 32.3 Å². The lowest BCUT2D eigenvalue weighted by Gasteiger charge is -2.39. The summed E-state index contributed by atoms with van der Waals surface area (Å²) >= 11 is 0. The molecule has 2 heterocycles. The Hall–Kier alpha value is -1.17. The summed E-state index contributed by atoms with van der Waals surface area (Å²) in [5.74, 6) is 0.816. The number of likely N-dealkylation sites (tertiary alicyclic amines) is 1. The zero-order chi connectivity index (χ0) is 16.7. The van der Waals surface area contributed by atoms with Gasteiger partial charge >= 0.3 is 0 Å². The minimum absolute atomic E-state index is 0. The van der Waals surface area contributed by atoms with Crippen LogP contribution in [0.1, 0.15) is 31.2 Å². The molecule has 0 spiro atoms. The van der Waals surface area contributed by atoms with Crippen LogP contribution in [0.3, 0.4) is 0 Å². The molecule has 4 nitrogen and oxygen atoms in total. The van der Waals surface area contributed by atoms with Crippen molar-refractivity contribution in [1.29, 1.82) is 0 Å². The number of carbonyl (C=O) groups excluding carboxylic acids is 1. The zero-order valence-electron chi connectivity index (χ0n) is 14.3. The second-order valence-electron chi connectivity index (χ2n) is 7.58. The van der Waals surface area contributed by atoms with E-state index in [-0.39, 0.29) is 30.2 Å². The molecule has 1 saturated carbocycles. The summed E-state index contributed by atoms with van der Waals surface area (Å²) in [6, 6.07) is 6.75. The summed E-state index contributed by atoms with van der Waals surface area (Å²) in [4.78, 5) is 15.5.